The molecule has 0 radical (unpaired) electrons. The first-order valence-corrected chi connectivity index (χ1v) is 17.8. The van der Waals surface area contributed by atoms with Gasteiger partial charge in [0.1, 0.15) is 5.78 Å². The fourth-order valence-corrected chi connectivity index (χ4v) is 10.9. The van der Waals surface area contributed by atoms with Gasteiger partial charge in [-0.2, -0.15) is 8.42 Å². The van der Waals surface area contributed by atoms with E-state index in [0.717, 1.165) is 44.1 Å². The number of fused-ring (bicyclic) bond motifs is 5. The number of amides is 1. The molecule has 0 spiro atoms. The summed E-state index contributed by atoms with van der Waals surface area (Å²) in [5.41, 5.74) is 0.709. The smallest absolute Gasteiger partial charge is 0.266 e. The maximum atomic E-state index is 13.7. The van der Waals surface area contributed by atoms with Gasteiger partial charge in [-0.05, 0) is 110 Å². The standard InChI is InChI=1S/C33H55NO7S/c1-19(2)9-8-10-22(30(38)34-15-16-42(39,40)41)28-23(21(4)35)18-33(7)25(28)17-27(37)29-31(5)13-12-26(36)20(3)24(31)11-14-32(29,33)6/h19-20,23-27,29,36-37H,8-18H2,1-7H3,(H,34,38)(H,39,40,41)/b28-22-. The van der Waals surface area contributed by atoms with Gasteiger partial charge in [-0.1, -0.05) is 48.0 Å². The number of allylic oxidation sites excluding steroid dienone is 1. The first-order valence-electron chi connectivity index (χ1n) is 16.2. The fourth-order valence-electron chi connectivity index (χ4n) is 10.5. The van der Waals surface area contributed by atoms with Gasteiger partial charge in [-0.3, -0.25) is 14.1 Å². The second-order valence-electron chi connectivity index (χ2n) is 15.4. The van der Waals surface area contributed by atoms with Crippen LogP contribution in [0.4, 0.5) is 0 Å². The van der Waals surface area contributed by atoms with Gasteiger partial charge in [0.15, 0.2) is 0 Å². The van der Waals surface area contributed by atoms with Crippen LogP contribution in [0.15, 0.2) is 11.1 Å². The summed E-state index contributed by atoms with van der Waals surface area (Å²) in [6, 6.07) is 0. The van der Waals surface area contributed by atoms with E-state index in [2.05, 4.69) is 46.9 Å². The van der Waals surface area contributed by atoms with Crippen LogP contribution in [0.25, 0.3) is 0 Å². The molecule has 0 aromatic rings. The summed E-state index contributed by atoms with van der Waals surface area (Å²) in [5.74, 6) is -0.520. The maximum Gasteiger partial charge on any atom is 0.266 e. The largest absolute Gasteiger partial charge is 0.393 e. The molecule has 0 bridgehead atoms. The summed E-state index contributed by atoms with van der Waals surface area (Å²) in [6.45, 7) is 14.7. The number of hydrogen-bond donors (Lipinski definition) is 4. The summed E-state index contributed by atoms with van der Waals surface area (Å²) in [7, 11) is -4.23. The van der Waals surface area contributed by atoms with Gasteiger partial charge >= 0.3 is 0 Å². The molecule has 0 aromatic carbocycles. The molecular formula is C33H55NO7S. The minimum atomic E-state index is -4.23. The lowest BCUT2D eigenvalue weighted by Crippen LogP contribution is -2.65. The minimum absolute atomic E-state index is 0.0247. The van der Waals surface area contributed by atoms with E-state index in [4.69, 9.17) is 0 Å². The number of aliphatic hydroxyl groups excluding tert-OH is 2. The average molecular weight is 610 g/mol. The monoisotopic (exact) mass is 609 g/mol. The number of ketones is 1. The van der Waals surface area contributed by atoms with Crippen molar-refractivity contribution in [1.29, 1.82) is 0 Å². The van der Waals surface area contributed by atoms with Crippen LogP contribution in [-0.4, -0.2) is 59.4 Å². The van der Waals surface area contributed by atoms with Crippen molar-refractivity contribution in [2.45, 2.75) is 118 Å². The zero-order valence-corrected chi connectivity index (χ0v) is 27.6. The molecule has 0 saturated heterocycles. The summed E-state index contributed by atoms with van der Waals surface area (Å²) in [6.07, 6.45) is 5.84. The Morgan fingerprint density at radius 1 is 1.05 bits per heavy atom. The van der Waals surface area contributed by atoms with Crippen molar-refractivity contribution in [2.24, 2.45) is 51.8 Å². The minimum Gasteiger partial charge on any atom is -0.393 e. The molecule has 4 saturated carbocycles. The molecule has 4 aliphatic rings. The van der Waals surface area contributed by atoms with Crippen LogP contribution < -0.4 is 5.32 Å². The third kappa shape index (κ3) is 5.77. The molecule has 0 aromatic heterocycles. The van der Waals surface area contributed by atoms with Gasteiger partial charge in [-0.15, -0.1) is 0 Å². The van der Waals surface area contributed by atoms with E-state index in [-0.39, 0.29) is 58.3 Å². The molecule has 10 unspecified atom stereocenters. The molecule has 1 amide bonds. The Labute approximate surface area is 253 Å². The van der Waals surface area contributed by atoms with E-state index in [1.54, 1.807) is 6.92 Å². The quantitative estimate of drug-likeness (QED) is 0.214. The Morgan fingerprint density at radius 3 is 2.31 bits per heavy atom. The predicted octanol–water partition coefficient (Wildman–Crippen LogP) is 4.94. The van der Waals surface area contributed by atoms with Crippen LogP contribution in [0.5, 0.6) is 0 Å². The molecule has 4 aliphatic carbocycles. The highest BCUT2D eigenvalue weighted by Crippen LogP contribution is 2.75. The maximum absolute atomic E-state index is 13.7. The SMILES string of the molecule is CC(=O)C1CC2(C)C(CC(O)C3C4(C)CCC(O)C(C)C4CCC32C)/C1=C(/CCCC(C)C)C(=O)NCCS(=O)(=O)O. The van der Waals surface area contributed by atoms with Crippen molar-refractivity contribution in [3.05, 3.63) is 11.1 Å². The number of hydrogen-bond acceptors (Lipinski definition) is 6. The fraction of sp³-hybridized carbons (Fsp3) is 0.879. The summed E-state index contributed by atoms with van der Waals surface area (Å²) in [4.78, 5) is 27.1. The van der Waals surface area contributed by atoms with Crippen molar-refractivity contribution < 1.29 is 32.8 Å². The molecule has 42 heavy (non-hydrogen) atoms. The van der Waals surface area contributed by atoms with Crippen LogP contribution in [0, 0.1) is 51.8 Å². The second kappa shape index (κ2) is 11.9. The molecule has 0 aliphatic heterocycles. The molecular weight excluding hydrogens is 554 g/mol. The van der Waals surface area contributed by atoms with Gasteiger partial charge in [0.05, 0.1) is 18.0 Å². The molecule has 9 heteroatoms. The topological polar surface area (TPSA) is 141 Å². The zero-order chi connectivity index (χ0) is 31.4. The van der Waals surface area contributed by atoms with E-state index in [0.29, 0.717) is 36.7 Å². The number of aliphatic hydroxyl groups is 2. The zero-order valence-electron chi connectivity index (χ0n) is 26.8. The van der Waals surface area contributed by atoms with Crippen LogP contribution in [0.2, 0.25) is 0 Å². The Kier molecular flexibility index (Phi) is 9.52. The first kappa shape index (κ1) is 33.6. The highest BCUT2D eigenvalue weighted by Gasteiger charge is 2.70. The molecule has 4 N–H and O–H groups in total. The highest BCUT2D eigenvalue weighted by molar-refractivity contribution is 7.85. The van der Waals surface area contributed by atoms with Crippen molar-refractivity contribution in [3.8, 4) is 0 Å². The van der Waals surface area contributed by atoms with E-state index in [1.807, 2.05) is 0 Å². The van der Waals surface area contributed by atoms with Crippen molar-refractivity contribution >= 4 is 21.8 Å². The van der Waals surface area contributed by atoms with Gasteiger partial charge in [0, 0.05) is 18.0 Å². The molecule has 10 atom stereocenters. The van der Waals surface area contributed by atoms with E-state index < -0.39 is 27.9 Å². The Morgan fingerprint density at radius 2 is 1.71 bits per heavy atom. The summed E-state index contributed by atoms with van der Waals surface area (Å²) >= 11 is 0. The third-order valence-corrected chi connectivity index (χ3v) is 13.4. The number of nitrogens with one attached hydrogen (secondary N) is 1. The molecule has 4 rings (SSSR count). The molecule has 4 fully saturated rings. The van der Waals surface area contributed by atoms with Crippen LogP contribution >= 0.6 is 0 Å². The molecule has 240 valence electrons. The highest BCUT2D eigenvalue weighted by atomic mass is 32.2. The van der Waals surface area contributed by atoms with Gasteiger partial charge in [0.2, 0.25) is 5.91 Å². The van der Waals surface area contributed by atoms with E-state index >= 15 is 0 Å². The van der Waals surface area contributed by atoms with Gasteiger partial charge in [0.25, 0.3) is 10.1 Å². The lowest BCUT2D eigenvalue weighted by molar-refractivity contribution is -0.233. The van der Waals surface area contributed by atoms with Crippen LogP contribution in [0.3, 0.4) is 0 Å². The summed E-state index contributed by atoms with van der Waals surface area (Å²) in [5, 5.41) is 25.5. The number of carbonyl (C=O) groups is 2. The van der Waals surface area contributed by atoms with Crippen LogP contribution in [-0.2, 0) is 19.7 Å². The lowest BCUT2D eigenvalue weighted by atomic mass is 9.36. The third-order valence-electron chi connectivity index (χ3n) is 12.7. The number of Topliss-reactive ketones (excluding diaryl/α,β-unsaturated/α-hetero) is 1. The number of carbonyl (C=O) groups excluding carboxylic acids is 2. The second-order valence-corrected chi connectivity index (χ2v) is 17.0. The molecule has 8 nitrogen and oxygen atoms in total. The first-order chi connectivity index (χ1) is 19.4. The average Bonchev–Trinajstić information content (AvgIpc) is 3.17. The molecule has 0 heterocycles. The van der Waals surface area contributed by atoms with Crippen molar-refractivity contribution in [2.75, 3.05) is 12.3 Å². The lowest BCUT2D eigenvalue weighted by Gasteiger charge is -2.69. The Balaban J connectivity index is 1.79. The number of rotatable bonds is 9. The van der Waals surface area contributed by atoms with E-state index in [9.17, 15) is 32.8 Å². The van der Waals surface area contributed by atoms with E-state index in [1.165, 1.54) is 0 Å². The van der Waals surface area contributed by atoms with Gasteiger partial charge < -0.3 is 15.5 Å². The van der Waals surface area contributed by atoms with Crippen molar-refractivity contribution in [3.63, 3.8) is 0 Å². The predicted molar refractivity (Wildman–Crippen MR) is 163 cm³/mol. The Bertz CT molecular complexity index is 1200. The van der Waals surface area contributed by atoms with Crippen LogP contribution in [0.1, 0.15) is 106 Å². The van der Waals surface area contributed by atoms with Gasteiger partial charge in [-0.25, -0.2) is 0 Å². The normalized spacial score (nSPS) is 42.9. The Hall–Kier alpha value is -1.29. The van der Waals surface area contributed by atoms with Crippen molar-refractivity contribution in [1.82, 2.24) is 5.32 Å². The summed E-state index contributed by atoms with van der Waals surface area (Å²) < 4.78 is 31.9.